The zero-order chi connectivity index (χ0) is 10.0. The fourth-order valence-electron chi connectivity index (χ4n) is 0.968. The Morgan fingerprint density at radius 3 is 2.54 bits per heavy atom. The number of hydrogen-bond donors (Lipinski definition) is 1. The highest BCUT2D eigenvalue weighted by Gasteiger charge is 2.13. The molecule has 0 saturated carbocycles. The molecule has 0 aliphatic rings. The van der Waals surface area contributed by atoms with Gasteiger partial charge >= 0.3 is 0 Å². The summed E-state index contributed by atoms with van der Waals surface area (Å²) in [5.74, 6) is 0.000478. The third-order valence-electron chi connectivity index (χ3n) is 1.54. The molecule has 1 heterocycles. The van der Waals surface area contributed by atoms with Gasteiger partial charge in [0.1, 0.15) is 5.15 Å². The van der Waals surface area contributed by atoms with E-state index in [1.54, 1.807) is 6.92 Å². The number of hydrogen-bond acceptors (Lipinski definition) is 3. The molecular weight excluding hydrogens is 200 g/mol. The van der Waals surface area contributed by atoms with Crippen molar-refractivity contribution in [2.45, 2.75) is 19.8 Å². The molecule has 1 rings (SSSR count). The number of halogens is 3. The van der Waals surface area contributed by atoms with Gasteiger partial charge in [0.2, 0.25) is 12.4 Å². The Bertz CT molecular complexity index is 294. The third-order valence-corrected chi connectivity index (χ3v) is 1.85. The second kappa shape index (κ2) is 3.83. The number of nitrogens with zero attached hydrogens (tertiary/aromatic N) is 2. The van der Waals surface area contributed by atoms with Gasteiger partial charge in [-0.3, -0.25) is 0 Å². The van der Waals surface area contributed by atoms with Crippen LogP contribution in [0.25, 0.3) is 0 Å². The Labute approximate surface area is 78.9 Å². The van der Waals surface area contributed by atoms with Gasteiger partial charge in [0, 0.05) is 17.7 Å². The highest BCUT2D eigenvalue weighted by molar-refractivity contribution is 6.30. The minimum Gasteiger partial charge on any atom is -0.368 e. The Morgan fingerprint density at radius 1 is 1.46 bits per heavy atom. The van der Waals surface area contributed by atoms with E-state index < -0.39 is 12.8 Å². The fourth-order valence-corrected chi connectivity index (χ4v) is 1.27. The summed E-state index contributed by atoms with van der Waals surface area (Å²) in [5.41, 5.74) is 5.92. The fraction of sp³-hybridized carbons (Fsp3) is 0.429. The minimum absolute atomic E-state index is 0.000478. The summed E-state index contributed by atoms with van der Waals surface area (Å²) in [6, 6.07) is 0. The van der Waals surface area contributed by atoms with Crippen molar-refractivity contribution in [1.29, 1.82) is 0 Å². The predicted molar refractivity (Wildman–Crippen MR) is 45.9 cm³/mol. The second-order valence-corrected chi connectivity index (χ2v) is 2.89. The van der Waals surface area contributed by atoms with E-state index in [-0.39, 0.29) is 16.7 Å². The van der Waals surface area contributed by atoms with Gasteiger partial charge in [0.05, 0.1) is 0 Å². The molecule has 2 N–H and O–H groups in total. The van der Waals surface area contributed by atoms with Gasteiger partial charge in [-0.2, -0.15) is 0 Å². The number of rotatable bonds is 2. The minimum atomic E-state index is -2.46. The Balaban J connectivity index is 3.06. The Kier molecular flexibility index (Phi) is 2.98. The van der Waals surface area contributed by atoms with Crippen molar-refractivity contribution in [2.75, 3.05) is 5.73 Å². The van der Waals surface area contributed by atoms with Crippen molar-refractivity contribution >= 4 is 17.5 Å². The molecule has 0 unspecified atom stereocenters. The molecule has 0 atom stereocenters. The summed E-state index contributed by atoms with van der Waals surface area (Å²) < 4.78 is 24.1. The van der Waals surface area contributed by atoms with Crippen molar-refractivity contribution in [3.63, 3.8) is 0 Å². The second-order valence-electron chi connectivity index (χ2n) is 2.53. The number of aromatic nitrogens is 2. The normalized spacial score (nSPS) is 10.8. The smallest absolute Gasteiger partial charge is 0.242 e. The zero-order valence-corrected chi connectivity index (χ0v) is 7.65. The van der Waals surface area contributed by atoms with E-state index in [1.165, 1.54) is 0 Å². The average Bonchev–Trinajstić information content (AvgIpc) is 1.96. The van der Waals surface area contributed by atoms with E-state index in [1.807, 2.05) is 0 Å². The van der Waals surface area contributed by atoms with Gasteiger partial charge in [-0.05, 0) is 6.92 Å². The van der Waals surface area contributed by atoms with Gasteiger partial charge in [-0.15, -0.1) is 0 Å². The molecule has 0 spiro atoms. The van der Waals surface area contributed by atoms with E-state index in [0.717, 1.165) is 0 Å². The molecule has 0 fully saturated rings. The average molecular weight is 208 g/mol. The third kappa shape index (κ3) is 2.48. The van der Waals surface area contributed by atoms with Crippen molar-refractivity contribution in [2.24, 2.45) is 0 Å². The molecular formula is C7H8ClF2N3. The van der Waals surface area contributed by atoms with E-state index >= 15 is 0 Å². The number of alkyl halides is 2. The molecule has 0 aliphatic heterocycles. The number of nitrogens with two attached hydrogens (primary N) is 1. The molecule has 3 nitrogen and oxygen atoms in total. The summed E-state index contributed by atoms with van der Waals surface area (Å²) in [4.78, 5) is 7.32. The summed E-state index contributed by atoms with van der Waals surface area (Å²) in [7, 11) is 0. The van der Waals surface area contributed by atoms with Crippen molar-refractivity contribution < 1.29 is 8.78 Å². The van der Waals surface area contributed by atoms with Crippen LogP contribution < -0.4 is 5.73 Å². The molecule has 1 aromatic rings. The molecule has 0 radical (unpaired) electrons. The molecule has 13 heavy (non-hydrogen) atoms. The zero-order valence-electron chi connectivity index (χ0n) is 6.89. The van der Waals surface area contributed by atoms with Gasteiger partial charge < -0.3 is 5.73 Å². The first kappa shape index (κ1) is 10.1. The van der Waals surface area contributed by atoms with Crippen molar-refractivity contribution in [1.82, 2.24) is 9.97 Å². The van der Waals surface area contributed by atoms with Gasteiger partial charge in [-0.1, -0.05) is 11.6 Å². The summed E-state index contributed by atoms with van der Waals surface area (Å²) in [6.07, 6.45) is -2.89. The largest absolute Gasteiger partial charge is 0.368 e. The van der Waals surface area contributed by atoms with Crippen LogP contribution in [-0.2, 0) is 6.42 Å². The van der Waals surface area contributed by atoms with Crippen LogP contribution in [0.3, 0.4) is 0 Å². The number of nitrogen functional groups attached to an aromatic ring is 1. The predicted octanol–water partition coefficient (Wildman–Crippen LogP) is 1.83. The van der Waals surface area contributed by atoms with Crippen molar-refractivity contribution in [3.8, 4) is 0 Å². The van der Waals surface area contributed by atoms with Crippen LogP contribution in [0.15, 0.2) is 0 Å². The maximum atomic E-state index is 12.0. The van der Waals surface area contributed by atoms with Gasteiger partial charge in [-0.25, -0.2) is 18.7 Å². The molecule has 6 heteroatoms. The highest BCUT2D eigenvalue weighted by atomic mass is 35.5. The first-order valence-electron chi connectivity index (χ1n) is 3.57. The first-order chi connectivity index (χ1) is 6.00. The van der Waals surface area contributed by atoms with Crippen LogP contribution in [0.4, 0.5) is 14.7 Å². The summed E-state index contributed by atoms with van der Waals surface area (Å²) in [6.45, 7) is 1.57. The molecule has 0 aliphatic carbocycles. The number of aryl methyl sites for hydroxylation is 1. The van der Waals surface area contributed by atoms with Crippen LogP contribution in [-0.4, -0.2) is 16.4 Å². The lowest BCUT2D eigenvalue weighted by atomic mass is 10.2. The molecule has 0 saturated heterocycles. The molecule has 0 amide bonds. The highest BCUT2D eigenvalue weighted by Crippen LogP contribution is 2.19. The Morgan fingerprint density at radius 2 is 2.08 bits per heavy atom. The lowest BCUT2D eigenvalue weighted by Crippen LogP contribution is -2.06. The monoisotopic (exact) mass is 207 g/mol. The van der Waals surface area contributed by atoms with Crippen LogP contribution >= 0.6 is 11.6 Å². The van der Waals surface area contributed by atoms with Crippen LogP contribution in [0, 0.1) is 6.92 Å². The molecule has 1 aromatic heterocycles. The van der Waals surface area contributed by atoms with Gasteiger partial charge in [0.25, 0.3) is 0 Å². The first-order valence-corrected chi connectivity index (χ1v) is 3.95. The maximum absolute atomic E-state index is 12.0. The van der Waals surface area contributed by atoms with Crippen molar-refractivity contribution in [3.05, 3.63) is 16.4 Å². The van der Waals surface area contributed by atoms with E-state index in [9.17, 15) is 8.78 Å². The van der Waals surface area contributed by atoms with E-state index in [4.69, 9.17) is 17.3 Å². The van der Waals surface area contributed by atoms with Crippen LogP contribution in [0.2, 0.25) is 5.15 Å². The van der Waals surface area contributed by atoms with E-state index in [2.05, 4.69) is 9.97 Å². The standard InChI is InChI=1S/C7H8ClF2N3/c1-3-4(2-5(9)10)6(8)13-7(11)12-3/h5H,2H2,1H3,(H2,11,12,13). The van der Waals surface area contributed by atoms with Crippen LogP contribution in [0.1, 0.15) is 11.3 Å². The summed E-state index contributed by atoms with van der Waals surface area (Å²) in [5, 5.41) is 0.00491. The topological polar surface area (TPSA) is 51.8 Å². The molecule has 72 valence electrons. The SMILES string of the molecule is Cc1nc(N)nc(Cl)c1CC(F)F. The lowest BCUT2D eigenvalue weighted by molar-refractivity contribution is 0.148. The molecule has 0 bridgehead atoms. The lowest BCUT2D eigenvalue weighted by Gasteiger charge is -2.06. The molecule has 0 aromatic carbocycles. The quantitative estimate of drug-likeness (QED) is 0.753. The number of anilines is 1. The Hall–Kier alpha value is -0.970. The van der Waals surface area contributed by atoms with Crippen LogP contribution in [0.5, 0.6) is 0 Å². The van der Waals surface area contributed by atoms with Gasteiger partial charge in [0.15, 0.2) is 0 Å². The summed E-state index contributed by atoms with van der Waals surface area (Å²) >= 11 is 5.61. The maximum Gasteiger partial charge on any atom is 0.242 e. The van der Waals surface area contributed by atoms with E-state index in [0.29, 0.717) is 5.69 Å².